The minimum Gasteiger partial charge on any atom is -0.386 e. The molecule has 0 atom stereocenters. The molecule has 0 N–H and O–H groups in total. The Balaban J connectivity index is 2.56. The van der Waals surface area contributed by atoms with E-state index in [-0.39, 0.29) is 30.6 Å². The highest BCUT2D eigenvalue weighted by atomic mass is 31.2. The molecule has 0 amide bonds. The van der Waals surface area contributed by atoms with Crippen LogP contribution in [0, 0.1) is 0 Å². The molecule has 0 fully saturated rings. The maximum absolute atomic E-state index is 12.5. The molecule has 0 saturated heterocycles. The van der Waals surface area contributed by atoms with E-state index < -0.39 is 7.82 Å². The largest absolute Gasteiger partial charge is 0.531 e. The Bertz CT molecular complexity index is 786. The first-order valence-electron chi connectivity index (χ1n) is 7.48. The third kappa shape index (κ3) is 3.49. The maximum Gasteiger partial charge on any atom is 0.531 e. The van der Waals surface area contributed by atoms with E-state index >= 15 is 0 Å². The van der Waals surface area contributed by atoms with Gasteiger partial charge in [-0.15, -0.1) is 0 Å². The molecule has 128 valence electrons. The number of fused-ring (bicyclic) bond motifs is 1. The predicted octanol–water partition coefficient (Wildman–Crippen LogP) is 2.72. The van der Waals surface area contributed by atoms with Crippen LogP contribution < -0.4 is 10.1 Å². The molecule has 8 nitrogen and oxygen atoms in total. The van der Waals surface area contributed by atoms with Gasteiger partial charge in [0.15, 0.2) is 0 Å². The highest BCUT2D eigenvalue weighted by Crippen LogP contribution is 2.48. The Morgan fingerprint density at radius 2 is 1.87 bits per heavy atom. The summed E-state index contributed by atoms with van der Waals surface area (Å²) >= 11 is 0. The molecule has 0 bridgehead atoms. The summed E-state index contributed by atoms with van der Waals surface area (Å²) in [5, 5.41) is 0. The minimum absolute atomic E-state index is 0.0904. The fraction of sp³-hybridized carbons (Fsp3) is 0.571. The van der Waals surface area contributed by atoms with Crippen LogP contribution in [-0.4, -0.2) is 27.2 Å². The van der Waals surface area contributed by atoms with E-state index in [1.54, 1.807) is 24.4 Å². The van der Waals surface area contributed by atoms with Gasteiger partial charge in [0.1, 0.15) is 11.3 Å². The molecular formula is C14H22N3O5P. The van der Waals surface area contributed by atoms with E-state index in [1.807, 2.05) is 13.8 Å². The maximum atomic E-state index is 12.5. The Morgan fingerprint density at radius 3 is 2.39 bits per heavy atom. The van der Waals surface area contributed by atoms with Gasteiger partial charge < -0.3 is 4.52 Å². The first-order chi connectivity index (χ1) is 10.8. The molecule has 0 aliphatic heterocycles. The van der Waals surface area contributed by atoms with Crippen LogP contribution in [0.3, 0.4) is 0 Å². The summed E-state index contributed by atoms with van der Waals surface area (Å²) in [5.74, 6) is 0.917. The average molecular weight is 343 g/mol. The number of hydrogen-bond acceptors (Lipinski definition) is 6. The molecule has 0 radical (unpaired) electrons. The molecule has 2 aromatic rings. The van der Waals surface area contributed by atoms with Crippen molar-refractivity contribution in [3.63, 3.8) is 0 Å². The van der Waals surface area contributed by atoms with Crippen LogP contribution in [0.4, 0.5) is 0 Å². The minimum atomic E-state index is -3.78. The first kappa shape index (κ1) is 17.7. The molecule has 2 rings (SSSR count). The topological polar surface area (TPSA) is 84.1 Å². The zero-order valence-electron chi connectivity index (χ0n) is 14.0. The summed E-state index contributed by atoms with van der Waals surface area (Å²) in [6, 6.07) is 0. The van der Waals surface area contributed by atoms with Crippen molar-refractivity contribution in [2.75, 3.05) is 13.2 Å². The normalized spacial score (nSPS) is 12.3. The lowest BCUT2D eigenvalue weighted by Crippen LogP contribution is -2.21. The Kier molecular flexibility index (Phi) is 5.29. The van der Waals surface area contributed by atoms with Crippen LogP contribution in [0.5, 0.6) is 5.88 Å². The molecule has 0 aromatic carbocycles. The van der Waals surface area contributed by atoms with Crippen LogP contribution in [-0.2, 0) is 20.7 Å². The van der Waals surface area contributed by atoms with Crippen molar-refractivity contribution in [2.24, 2.45) is 7.05 Å². The number of hydrogen-bond donors (Lipinski definition) is 0. The summed E-state index contributed by atoms with van der Waals surface area (Å²) in [4.78, 5) is 16.7. The molecule has 0 unspecified atom stereocenters. The van der Waals surface area contributed by atoms with E-state index in [4.69, 9.17) is 13.6 Å². The lowest BCUT2D eigenvalue weighted by atomic mass is 10.2. The average Bonchev–Trinajstić information content (AvgIpc) is 2.89. The predicted molar refractivity (Wildman–Crippen MR) is 86.0 cm³/mol. The van der Waals surface area contributed by atoms with Gasteiger partial charge in [-0.05, 0) is 13.8 Å². The van der Waals surface area contributed by atoms with Gasteiger partial charge >= 0.3 is 7.82 Å². The number of imidazole rings is 1. The number of aromatic nitrogens is 3. The zero-order valence-corrected chi connectivity index (χ0v) is 14.9. The van der Waals surface area contributed by atoms with Gasteiger partial charge in [0.05, 0.1) is 25.6 Å². The van der Waals surface area contributed by atoms with Crippen molar-refractivity contribution in [1.29, 1.82) is 0 Å². The van der Waals surface area contributed by atoms with E-state index in [0.29, 0.717) is 11.3 Å². The molecule has 0 saturated carbocycles. The van der Waals surface area contributed by atoms with Gasteiger partial charge in [-0.3, -0.25) is 22.8 Å². The summed E-state index contributed by atoms with van der Waals surface area (Å²) in [7, 11) is -2.25. The van der Waals surface area contributed by atoms with Crippen molar-refractivity contribution < 1.29 is 18.1 Å². The molecule has 2 aromatic heterocycles. The number of rotatable bonds is 7. The highest BCUT2D eigenvalue weighted by molar-refractivity contribution is 7.48. The number of phosphoric acid groups is 1. The van der Waals surface area contributed by atoms with E-state index in [1.165, 1.54) is 17.8 Å². The van der Waals surface area contributed by atoms with Crippen LogP contribution in [0.1, 0.15) is 39.4 Å². The third-order valence-electron chi connectivity index (χ3n) is 3.22. The van der Waals surface area contributed by atoms with E-state index in [9.17, 15) is 9.36 Å². The van der Waals surface area contributed by atoms with Gasteiger partial charge in [0, 0.05) is 13.0 Å². The Labute approximate surface area is 134 Å². The van der Waals surface area contributed by atoms with E-state index in [0.717, 1.165) is 0 Å². The first-order valence-corrected chi connectivity index (χ1v) is 8.94. The second-order valence-corrected chi connectivity index (χ2v) is 6.83. The van der Waals surface area contributed by atoms with Crippen LogP contribution in [0.15, 0.2) is 17.2 Å². The second kappa shape index (κ2) is 6.86. The number of phosphoric ester groups is 1. The standard InChI is InChI=1S/C14H22N3O5P/c1-6-20-23(19,21-7-2)22-12-9-17-11(14(18)16(12)5)8-15-13(17)10(3)4/h8-10H,6-7H2,1-5H3. The third-order valence-corrected chi connectivity index (χ3v) is 4.78. The molecule has 23 heavy (non-hydrogen) atoms. The number of nitrogens with zero attached hydrogens (tertiary/aromatic N) is 3. The SMILES string of the molecule is CCOP(=O)(OCC)Oc1cn2c(C(C)C)ncc2c(=O)n1C. The molecule has 0 spiro atoms. The molecule has 0 aliphatic rings. The van der Waals surface area contributed by atoms with Crippen molar-refractivity contribution in [2.45, 2.75) is 33.6 Å². The fourth-order valence-corrected chi connectivity index (χ4v) is 3.38. The van der Waals surface area contributed by atoms with Gasteiger partial charge in [0.2, 0.25) is 5.88 Å². The van der Waals surface area contributed by atoms with Gasteiger partial charge in [-0.2, -0.15) is 0 Å². The summed E-state index contributed by atoms with van der Waals surface area (Å²) in [5.41, 5.74) is 0.118. The molecule has 2 heterocycles. The zero-order chi connectivity index (χ0) is 17.2. The quantitative estimate of drug-likeness (QED) is 0.719. The second-order valence-electron chi connectivity index (χ2n) is 5.23. The van der Waals surface area contributed by atoms with Crippen LogP contribution in [0.2, 0.25) is 0 Å². The van der Waals surface area contributed by atoms with Gasteiger partial charge in [0.25, 0.3) is 5.56 Å². The van der Waals surface area contributed by atoms with Gasteiger partial charge in [-0.25, -0.2) is 9.55 Å². The summed E-state index contributed by atoms with van der Waals surface area (Å²) in [6.07, 6.45) is 3.09. The van der Waals surface area contributed by atoms with Crippen molar-refractivity contribution in [3.05, 3.63) is 28.6 Å². The fourth-order valence-electron chi connectivity index (χ4n) is 2.17. The summed E-state index contributed by atoms with van der Waals surface area (Å²) < 4.78 is 31.1. The lowest BCUT2D eigenvalue weighted by Gasteiger charge is -2.19. The lowest BCUT2D eigenvalue weighted by molar-refractivity contribution is 0.164. The highest BCUT2D eigenvalue weighted by Gasteiger charge is 2.29. The van der Waals surface area contributed by atoms with Gasteiger partial charge in [-0.1, -0.05) is 13.8 Å². The van der Waals surface area contributed by atoms with E-state index in [2.05, 4.69) is 4.98 Å². The summed E-state index contributed by atoms with van der Waals surface area (Å²) in [6.45, 7) is 7.63. The monoisotopic (exact) mass is 343 g/mol. The van der Waals surface area contributed by atoms with Crippen molar-refractivity contribution in [1.82, 2.24) is 14.0 Å². The molecule has 0 aliphatic carbocycles. The Hall–Kier alpha value is -1.63. The van der Waals surface area contributed by atoms with Crippen molar-refractivity contribution >= 4 is 13.3 Å². The van der Waals surface area contributed by atoms with Crippen LogP contribution in [0.25, 0.3) is 5.52 Å². The van der Waals surface area contributed by atoms with Crippen molar-refractivity contribution in [3.8, 4) is 5.88 Å². The Morgan fingerprint density at radius 1 is 1.26 bits per heavy atom. The molecule has 9 heteroatoms. The molecular weight excluding hydrogens is 321 g/mol. The smallest absolute Gasteiger partial charge is 0.386 e. The van der Waals surface area contributed by atoms with Crippen LogP contribution >= 0.6 is 7.82 Å².